The molecule has 0 spiro atoms. The number of aromatic amines is 1. The highest BCUT2D eigenvalue weighted by atomic mass is 19.1. The number of hydrogen-bond donors (Lipinski definition) is 2. The Bertz CT molecular complexity index is 809. The second kappa shape index (κ2) is 4.24. The number of nitrogens with one attached hydrogen (secondary N) is 1. The molecule has 2 aromatic carbocycles. The number of H-pyrrole nitrogens is 1. The molecule has 3 aromatic rings. The Balaban J connectivity index is 2.39. The number of hydrogen-bond acceptors (Lipinski definition) is 2. The largest absolute Gasteiger partial charge is 0.506 e. The van der Waals surface area contributed by atoms with Gasteiger partial charge in [0, 0.05) is 5.39 Å². The SMILES string of the molecule is O=c1[nH]c2cc(F)ccc2c(O)c1-c1ccccc1. The van der Waals surface area contributed by atoms with Gasteiger partial charge >= 0.3 is 0 Å². The van der Waals surface area contributed by atoms with Gasteiger partial charge in [-0.2, -0.15) is 0 Å². The van der Waals surface area contributed by atoms with Crippen molar-refractivity contribution in [2.24, 2.45) is 0 Å². The summed E-state index contributed by atoms with van der Waals surface area (Å²) in [6, 6.07) is 12.7. The number of fused-ring (bicyclic) bond motifs is 1. The molecule has 0 unspecified atom stereocenters. The molecular weight excluding hydrogens is 245 g/mol. The maximum Gasteiger partial charge on any atom is 0.260 e. The second-order valence-electron chi connectivity index (χ2n) is 4.23. The van der Waals surface area contributed by atoms with Crippen molar-refractivity contribution in [1.29, 1.82) is 0 Å². The number of pyridine rings is 1. The maximum atomic E-state index is 13.1. The summed E-state index contributed by atoms with van der Waals surface area (Å²) in [5.74, 6) is -0.597. The molecule has 0 fully saturated rings. The van der Waals surface area contributed by atoms with Gasteiger partial charge in [0.25, 0.3) is 5.56 Å². The second-order valence-corrected chi connectivity index (χ2v) is 4.23. The van der Waals surface area contributed by atoms with E-state index in [0.717, 1.165) is 0 Å². The molecule has 94 valence electrons. The van der Waals surface area contributed by atoms with E-state index in [0.29, 0.717) is 10.9 Å². The highest BCUT2D eigenvalue weighted by Gasteiger charge is 2.13. The predicted octanol–water partition coefficient (Wildman–Crippen LogP) is 3.04. The van der Waals surface area contributed by atoms with Gasteiger partial charge in [-0.05, 0) is 23.8 Å². The van der Waals surface area contributed by atoms with Gasteiger partial charge in [-0.3, -0.25) is 4.79 Å². The van der Waals surface area contributed by atoms with E-state index in [1.54, 1.807) is 24.3 Å². The topological polar surface area (TPSA) is 53.1 Å². The molecule has 3 nitrogen and oxygen atoms in total. The lowest BCUT2D eigenvalue weighted by atomic mass is 10.0. The molecule has 0 bridgehead atoms. The fraction of sp³-hybridized carbons (Fsp3) is 0. The number of aromatic nitrogens is 1. The van der Waals surface area contributed by atoms with Gasteiger partial charge in [0.15, 0.2) is 0 Å². The van der Waals surface area contributed by atoms with Crippen molar-refractivity contribution >= 4 is 10.9 Å². The lowest BCUT2D eigenvalue weighted by Crippen LogP contribution is -2.09. The highest BCUT2D eigenvalue weighted by Crippen LogP contribution is 2.31. The molecule has 0 amide bonds. The van der Waals surface area contributed by atoms with Crippen molar-refractivity contribution in [2.45, 2.75) is 0 Å². The monoisotopic (exact) mass is 255 g/mol. The van der Waals surface area contributed by atoms with Crippen LogP contribution in [0.1, 0.15) is 0 Å². The molecule has 1 aromatic heterocycles. The van der Waals surface area contributed by atoms with Crippen LogP contribution in [0.5, 0.6) is 5.75 Å². The van der Waals surface area contributed by atoms with Crippen LogP contribution < -0.4 is 5.56 Å². The van der Waals surface area contributed by atoms with E-state index >= 15 is 0 Å². The van der Waals surface area contributed by atoms with Crippen molar-refractivity contribution in [3.63, 3.8) is 0 Å². The van der Waals surface area contributed by atoms with E-state index < -0.39 is 11.4 Å². The molecule has 0 saturated carbocycles. The van der Waals surface area contributed by atoms with Crippen LogP contribution in [0.3, 0.4) is 0 Å². The highest BCUT2D eigenvalue weighted by molar-refractivity contribution is 5.91. The Morgan fingerprint density at radius 3 is 2.53 bits per heavy atom. The van der Waals surface area contributed by atoms with Crippen molar-refractivity contribution in [3.8, 4) is 16.9 Å². The zero-order valence-corrected chi connectivity index (χ0v) is 9.85. The van der Waals surface area contributed by atoms with Gasteiger partial charge in [-0.25, -0.2) is 4.39 Å². The average molecular weight is 255 g/mol. The molecule has 3 rings (SSSR count). The molecule has 0 radical (unpaired) electrons. The summed E-state index contributed by atoms with van der Waals surface area (Å²) in [7, 11) is 0. The van der Waals surface area contributed by atoms with Gasteiger partial charge in [0.05, 0.1) is 11.1 Å². The van der Waals surface area contributed by atoms with Gasteiger partial charge in [-0.15, -0.1) is 0 Å². The molecule has 4 heteroatoms. The average Bonchev–Trinajstić information content (AvgIpc) is 2.39. The minimum Gasteiger partial charge on any atom is -0.506 e. The molecule has 0 aliphatic carbocycles. The molecule has 0 atom stereocenters. The first-order valence-electron chi connectivity index (χ1n) is 5.77. The van der Waals surface area contributed by atoms with E-state index in [1.807, 2.05) is 6.07 Å². The van der Waals surface area contributed by atoms with Crippen LogP contribution >= 0.6 is 0 Å². The molecular formula is C15H10FNO2. The van der Waals surface area contributed by atoms with Crippen LogP contribution in [0.2, 0.25) is 0 Å². The quantitative estimate of drug-likeness (QED) is 0.702. The number of rotatable bonds is 1. The van der Waals surface area contributed by atoms with Crippen molar-refractivity contribution in [2.75, 3.05) is 0 Å². The van der Waals surface area contributed by atoms with Gasteiger partial charge in [-0.1, -0.05) is 30.3 Å². The van der Waals surface area contributed by atoms with Gasteiger partial charge in [0.1, 0.15) is 11.6 Å². The fourth-order valence-electron chi connectivity index (χ4n) is 2.13. The zero-order chi connectivity index (χ0) is 13.4. The lowest BCUT2D eigenvalue weighted by Gasteiger charge is -2.07. The van der Waals surface area contributed by atoms with E-state index in [9.17, 15) is 14.3 Å². The summed E-state index contributed by atoms with van der Waals surface area (Å²) in [6.45, 7) is 0. The normalized spacial score (nSPS) is 10.8. The van der Waals surface area contributed by atoms with Crippen molar-refractivity contribution in [3.05, 3.63) is 64.7 Å². The number of benzene rings is 2. The first kappa shape index (κ1) is 11.5. The Hall–Kier alpha value is -2.62. The Labute approximate surface area is 108 Å². The van der Waals surface area contributed by atoms with E-state index in [1.165, 1.54) is 18.2 Å². The van der Waals surface area contributed by atoms with Gasteiger partial charge < -0.3 is 10.1 Å². The molecule has 0 saturated heterocycles. The third-order valence-electron chi connectivity index (χ3n) is 3.01. The predicted molar refractivity (Wildman–Crippen MR) is 71.6 cm³/mol. The van der Waals surface area contributed by atoms with Crippen LogP contribution in [0.15, 0.2) is 53.3 Å². The minimum atomic E-state index is -0.463. The Morgan fingerprint density at radius 2 is 1.79 bits per heavy atom. The summed E-state index contributed by atoms with van der Waals surface area (Å²) in [5, 5.41) is 10.6. The fourth-order valence-corrected chi connectivity index (χ4v) is 2.13. The van der Waals surface area contributed by atoms with Crippen LogP contribution in [0.25, 0.3) is 22.0 Å². The molecule has 0 aliphatic heterocycles. The summed E-state index contributed by atoms with van der Waals surface area (Å²) in [4.78, 5) is 14.6. The molecule has 19 heavy (non-hydrogen) atoms. The van der Waals surface area contributed by atoms with Crippen molar-refractivity contribution in [1.82, 2.24) is 4.98 Å². The summed E-state index contributed by atoms with van der Waals surface area (Å²) < 4.78 is 13.1. The lowest BCUT2D eigenvalue weighted by molar-refractivity contribution is 0.482. The van der Waals surface area contributed by atoms with E-state index in [4.69, 9.17) is 0 Å². The third kappa shape index (κ3) is 1.87. The third-order valence-corrected chi connectivity index (χ3v) is 3.01. The molecule has 0 aliphatic rings. The summed E-state index contributed by atoms with van der Waals surface area (Å²) >= 11 is 0. The first-order valence-corrected chi connectivity index (χ1v) is 5.77. The summed E-state index contributed by atoms with van der Waals surface area (Å²) in [6.07, 6.45) is 0. The zero-order valence-electron chi connectivity index (χ0n) is 9.85. The van der Waals surface area contributed by atoms with Crippen LogP contribution in [0, 0.1) is 5.82 Å². The standard InChI is InChI=1S/C15H10FNO2/c16-10-6-7-11-12(8-10)17-15(19)13(14(11)18)9-4-2-1-3-5-9/h1-8H,(H2,17,18,19). The molecule has 2 N–H and O–H groups in total. The van der Waals surface area contributed by atoms with Crippen LogP contribution in [-0.4, -0.2) is 10.1 Å². The smallest absolute Gasteiger partial charge is 0.260 e. The van der Waals surface area contributed by atoms with E-state index in [-0.39, 0.29) is 16.8 Å². The Morgan fingerprint density at radius 1 is 1.05 bits per heavy atom. The summed E-state index contributed by atoms with van der Waals surface area (Å²) in [5.41, 5.74) is 0.649. The van der Waals surface area contributed by atoms with Crippen molar-refractivity contribution < 1.29 is 9.50 Å². The first-order chi connectivity index (χ1) is 9.16. The number of aromatic hydroxyl groups is 1. The van der Waals surface area contributed by atoms with Gasteiger partial charge in [0.2, 0.25) is 0 Å². The minimum absolute atomic E-state index is 0.134. The maximum absolute atomic E-state index is 13.1. The number of halogens is 1. The van der Waals surface area contributed by atoms with E-state index in [2.05, 4.69) is 4.98 Å². The van der Waals surface area contributed by atoms with Crippen LogP contribution in [-0.2, 0) is 0 Å². The Kier molecular flexibility index (Phi) is 2.56. The molecule has 1 heterocycles. The van der Waals surface area contributed by atoms with Crippen LogP contribution in [0.4, 0.5) is 4.39 Å².